The number of hydrogen-bond donors (Lipinski definition) is 2. The Morgan fingerprint density at radius 1 is 1.24 bits per heavy atom. The molecule has 108 valence electrons. The van der Waals surface area contributed by atoms with Gasteiger partial charge in [0.05, 0.1) is 23.3 Å². The van der Waals surface area contributed by atoms with Gasteiger partial charge in [0.15, 0.2) is 5.76 Å². The molecule has 0 saturated heterocycles. The number of carbonyl (C=O) groups excluding carboxylic acids is 1. The Bertz CT molecular complexity index is 711. The third kappa shape index (κ3) is 2.67. The van der Waals surface area contributed by atoms with Gasteiger partial charge >= 0.3 is 0 Å². The van der Waals surface area contributed by atoms with Crippen molar-refractivity contribution >= 4 is 16.9 Å². The standard InChI is InChI=1S/C16H17N3O2/c1-10(2)14(19-16(20)13-8-5-9-21-13)15-17-11-6-3-4-7-12(11)18-15/h3-10,14H,1-2H3,(H,17,18)(H,19,20)/t14-/m1/s1. The van der Waals surface area contributed by atoms with Gasteiger partial charge in [-0.2, -0.15) is 0 Å². The summed E-state index contributed by atoms with van der Waals surface area (Å²) in [6.45, 7) is 4.08. The van der Waals surface area contributed by atoms with Crippen molar-refractivity contribution < 1.29 is 9.21 Å². The number of nitrogens with zero attached hydrogens (tertiary/aromatic N) is 1. The van der Waals surface area contributed by atoms with E-state index >= 15 is 0 Å². The number of imidazole rings is 1. The summed E-state index contributed by atoms with van der Waals surface area (Å²) >= 11 is 0. The molecule has 1 atom stereocenters. The number of aromatic nitrogens is 2. The second-order valence-corrected chi connectivity index (χ2v) is 5.31. The van der Waals surface area contributed by atoms with Gasteiger partial charge in [-0.25, -0.2) is 4.98 Å². The van der Waals surface area contributed by atoms with Crippen LogP contribution in [-0.2, 0) is 0 Å². The highest BCUT2D eigenvalue weighted by Gasteiger charge is 2.23. The molecule has 0 aliphatic rings. The quantitative estimate of drug-likeness (QED) is 0.772. The number of para-hydroxylation sites is 2. The molecule has 1 aromatic carbocycles. The Hall–Kier alpha value is -2.56. The summed E-state index contributed by atoms with van der Waals surface area (Å²) < 4.78 is 5.13. The number of hydrogen-bond acceptors (Lipinski definition) is 3. The highest BCUT2D eigenvalue weighted by molar-refractivity contribution is 5.91. The van der Waals surface area contributed by atoms with E-state index in [-0.39, 0.29) is 17.9 Å². The minimum absolute atomic E-state index is 0.199. The number of amides is 1. The summed E-state index contributed by atoms with van der Waals surface area (Å²) in [5, 5.41) is 2.97. The first-order valence-corrected chi connectivity index (χ1v) is 6.94. The maximum Gasteiger partial charge on any atom is 0.287 e. The lowest BCUT2D eigenvalue weighted by molar-refractivity contribution is 0.0895. The van der Waals surface area contributed by atoms with E-state index in [2.05, 4.69) is 15.3 Å². The first kappa shape index (κ1) is 13.4. The molecule has 2 heterocycles. The average Bonchev–Trinajstić information content (AvgIpc) is 3.12. The van der Waals surface area contributed by atoms with E-state index in [9.17, 15) is 4.79 Å². The first-order chi connectivity index (χ1) is 10.1. The highest BCUT2D eigenvalue weighted by Crippen LogP contribution is 2.22. The van der Waals surface area contributed by atoms with Crippen LogP contribution < -0.4 is 5.32 Å². The Kier molecular flexibility index (Phi) is 3.48. The molecule has 0 spiro atoms. The molecule has 21 heavy (non-hydrogen) atoms. The number of H-pyrrole nitrogens is 1. The third-order valence-corrected chi connectivity index (χ3v) is 3.40. The van der Waals surface area contributed by atoms with Crippen molar-refractivity contribution in [2.45, 2.75) is 19.9 Å². The second-order valence-electron chi connectivity index (χ2n) is 5.31. The normalized spacial score (nSPS) is 12.7. The van der Waals surface area contributed by atoms with E-state index < -0.39 is 0 Å². The fraction of sp³-hybridized carbons (Fsp3) is 0.250. The molecule has 0 unspecified atom stereocenters. The van der Waals surface area contributed by atoms with Crippen LogP contribution in [-0.4, -0.2) is 15.9 Å². The van der Waals surface area contributed by atoms with Gasteiger partial charge in [0.25, 0.3) is 5.91 Å². The SMILES string of the molecule is CC(C)[C@@H](NC(=O)c1ccco1)c1nc2ccccc2[nH]1. The fourth-order valence-electron chi connectivity index (χ4n) is 2.29. The minimum atomic E-state index is -0.237. The zero-order valence-electron chi connectivity index (χ0n) is 12.0. The minimum Gasteiger partial charge on any atom is -0.459 e. The molecular formula is C16H17N3O2. The summed E-state index contributed by atoms with van der Waals surface area (Å²) in [5.74, 6) is 1.02. The van der Waals surface area contributed by atoms with Gasteiger partial charge in [-0.1, -0.05) is 26.0 Å². The smallest absolute Gasteiger partial charge is 0.287 e. The zero-order chi connectivity index (χ0) is 14.8. The van der Waals surface area contributed by atoms with E-state index in [0.717, 1.165) is 16.9 Å². The van der Waals surface area contributed by atoms with E-state index in [1.807, 2.05) is 38.1 Å². The molecule has 2 N–H and O–H groups in total. The van der Waals surface area contributed by atoms with Gasteiger partial charge in [-0.15, -0.1) is 0 Å². The summed E-state index contributed by atoms with van der Waals surface area (Å²) in [4.78, 5) is 20.0. The largest absolute Gasteiger partial charge is 0.459 e. The molecular weight excluding hydrogens is 266 g/mol. The number of aromatic amines is 1. The van der Waals surface area contributed by atoms with Gasteiger partial charge in [-0.05, 0) is 30.2 Å². The van der Waals surface area contributed by atoms with Crippen LogP contribution in [0.15, 0.2) is 47.1 Å². The summed E-state index contributed by atoms with van der Waals surface area (Å²) in [6.07, 6.45) is 1.49. The van der Waals surface area contributed by atoms with Gasteiger partial charge in [0.1, 0.15) is 5.82 Å². The lowest BCUT2D eigenvalue weighted by Crippen LogP contribution is -2.32. The predicted molar refractivity (Wildman–Crippen MR) is 79.8 cm³/mol. The van der Waals surface area contributed by atoms with Gasteiger partial charge in [0.2, 0.25) is 0 Å². The van der Waals surface area contributed by atoms with Crippen LogP contribution in [0.4, 0.5) is 0 Å². The topological polar surface area (TPSA) is 70.9 Å². The lowest BCUT2D eigenvalue weighted by atomic mass is 10.0. The molecule has 0 bridgehead atoms. The number of fused-ring (bicyclic) bond motifs is 1. The molecule has 0 radical (unpaired) electrons. The highest BCUT2D eigenvalue weighted by atomic mass is 16.3. The van der Waals surface area contributed by atoms with E-state index in [1.165, 1.54) is 6.26 Å². The summed E-state index contributed by atoms with van der Waals surface area (Å²) in [7, 11) is 0. The molecule has 0 aliphatic carbocycles. The van der Waals surface area contributed by atoms with Crippen molar-refractivity contribution in [2.24, 2.45) is 5.92 Å². The van der Waals surface area contributed by atoms with Gasteiger partial charge < -0.3 is 14.7 Å². The number of carbonyl (C=O) groups is 1. The molecule has 2 aromatic heterocycles. The van der Waals surface area contributed by atoms with E-state index in [4.69, 9.17) is 4.42 Å². The molecule has 0 fully saturated rings. The first-order valence-electron chi connectivity index (χ1n) is 6.94. The van der Waals surface area contributed by atoms with Crippen LogP contribution in [0.25, 0.3) is 11.0 Å². The number of nitrogens with one attached hydrogen (secondary N) is 2. The maximum atomic E-state index is 12.2. The van der Waals surface area contributed by atoms with Crippen LogP contribution in [0.5, 0.6) is 0 Å². The summed E-state index contributed by atoms with van der Waals surface area (Å²) in [6, 6.07) is 11.0. The second kappa shape index (κ2) is 5.44. The Labute approximate surface area is 122 Å². The zero-order valence-corrected chi connectivity index (χ0v) is 12.0. The fourth-order valence-corrected chi connectivity index (χ4v) is 2.29. The maximum absolute atomic E-state index is 12.2. The monoisotopic (exact) mass is 283 g/mol. The van der Waals surface area contributed by atoms with Gasteiger partial charge in [0, 0.05) is 0 Å². The Morgan fingerprint density at radius 3 is 2.71 bits per heavy atom. The molecule has 3 rings (SSSR count). The predicted octanol–water partition coefficient (Wildman–Crippen LogP) is 3.28. The van der Waals surface area contributed by atoms with Crippen molar-refractivity contribution in [2.75, 3.05) is 0 Å². The Balaban J connectivity index is 1.89. The third-order valence-electron chi connectivity index (χ3n) is 3.40. The average molecular weight is 283 g/mol. The van der Waals surface area contributed by atoms with Crippen LogP contribution in [0.2, 0.25) is 0 Å². The van der Waals surface area contributed by atoms with Crippen molar-refractivity contribution in [1.82, 2.24) is 15.3 Å². The van der Waals surface area contributed by atoms with E-state index in [1.54, 1.807) is 12.1 Å². The van der Waals surface area contributed by atoms with Crippen LogP contribution in [0.1, 0.15) is 36.3 Å². The van der Waals surface area contributed by atoms with Crippen molar-refractivity contribution in [1.29, 1.82) is 0 Å². The Morgan fingerprint density at radius 2 is 2.05 bits per heavy atom. The van der Waals surface area contributed by atoms with Crippen molar-refractivity contribution in [3.63, 3.8) is 0 Å². The van der Waals surface area contributed by atoms with Crippen LogP contribution in [0.3, 0.4) is 0 Å². The number of benzene rings is 1. The molecule has 5 heteroatoms. The molecule has 5 nitrogen and oxygen atoms in total. The summed E-state index contributed by atoms with van der Waals surface area (Å²) in [5.41, 5.74) is 1.86. The van der Waals surface area contributed by atoms with Crippen LogP contribution >= 0.6 is 0 Å². The molecule has 3 aromatic rings. The molecule has 1 amide bonds. The van der Waals surface area contributed by atoms with Gasteiger partial charge in [-0.3, -0.25) is 4.79 Å². The van der Waals surface area contributed by atoms with Crippen molar-refractivity contribution in [3.8, 4) is 0 Å². The van der Waals surface area contributed by atoms with Crippen LogP contribution in [0, 0.1) is 5.92 Å². The number of furan rings is 1. The van der Waals surface area contributed by atoms with E-state index in [0.29, 0.717) is 5.76 Å². The molecule has 0 saturated carbocycles. The lowest BCUT2D eigenvalue weighted by Gasteiger charge is -2.19. The number of rotatable bonds is 4. The van der Waals surface area contributed by atoms with Crippen molar-refractivity contribution in [3.05, 3.63) is 54.2 Å². The molecule has 0 aliphatic heterocycles.